The molecule has 0 unspecified atom stereocenters. The summed E-state index contributed by atoms with van der Waals surface area (Å²) in [5.74, 6) is 0. The van der Waals surface area contributed by atoms with E-state index >= 15 is 0 Å². The monoisotopic (exact) mass is 306 g/mol. The number of rotatable bonds is 0. The molecule has 1 heterocycles. The van der Waals surface area contributed by atoms with Gasteiger partial charge in [0.2, 0.25) is 0 Å². The van der Waals surface area contributed by atoms with Crippen molar-refractivity contribution in [1.29, 1.82) is 0 Å². The highest BCUT2D eigenvalue weighted by Crippen LogP contribution is 2.39. The lowest BCUT2D eigenvalue weighted by Gasteiger charge is -2.20. The molecule has 3 rings (SSSR count). The van der Waals surface area contributed by atoms with E-state index in [1.807, 2.05) is 0 Å². The maximum absolute atomic E-state index is 6.69. The van der Waals surface area contributed by atoms with E-state index in [1.165, 1.54) is 44.5 Å². The molecule has 0 spiro atoms. The minimum atomic E-state index is 0.886. The summed E-state index contributed by atoms with van der Waals surface area (Å²) in [4.78, 5) is 5.08. The third-order valence-corrected chi connectivity index (χ3v) is 6.07. The number of fused-ring (bicyclic) bond motifs is 2. The van der Waals surface area contributed by atoms with E-state index in [0.29, 0.717) is 0 Å². The minimum absolute atomic E-state index is 0.886. The molecule has 2 aromatic carbocycles. The Bertz CT molecular complexity index is 917. The summed E-state index contributed by atoms with van der Waals surface area (Å²) in [5.41, 5.74) is 20.0. The summed E-state index contributed by atoms with van der Waals surface area (Å²) in [7, 11) is 0. The summed E-state index contributed by atoms with van der Waals surface area (Å²) < 4.78 is 0. The van der Waals surface area contributed by atoms with Gasteiger partial charge in [0, 0.05) is 10.8 Å². The number of pyridine rings is 1. The molecule has 0 bridgehead atoms. The first-order valence-corrected chi connectivity index (χ1v) is 8.24. The second kappa shape index (κ2) is 4.95. The Balaban J connectivity index is 2.73. The zero-order valence-electron chi connectivity index (χ0n) is 15.5. The number of nitrogen functional groups attached to an aromatic ring is 1. The SMILES string of the molecule is Cc1c(C)c(C)c2c(N)c3c(C)c(C)c(C)c(C)c3nc2c1C. The highest BCUT2D eigenvalue weighted by Gasteiger charge is 2.19. The maximum atomic E-state index is 6.69. The fraction of sp³-hybridized carbons (Fsp3) is 0.381. The first-order chi connectivity index (χ1) is 10.7. The van der Waals surface area contributed by atoms with Gasteiger partial charge < -0.3 is 5.73 Å². The number of hydrogen-bond donors (Lipinski definition) is 1. The van der Waals surface area contributed by atoms with Gasteiger partial charge in [-0.1, -0.05) is 0 Å². The van der Waals surface area contributed by atoms with Gasteiger partial charge in [-0.2, -0.15) is 0 Å². The number of anilines is 1. The number of nitrogens with two attached hydrogens (primary N) is 1. The van der Waals surface area contributed by atoms with Crippen molar-refractivity contribution < 1.29 is 0 Å². The van der Waals surface area contributed by atoms with Crippen LogP contribution in [0.15, 0.2) is 0 Å². The third kappa shape index (κ3) is 1.90. The molecular weight excluding hydrogens is 280 g/mol. The number of hydrogen-bond acceptors (Lipinski definition) is 2. The quantitative estimate of drug-likeness (QED) is 0.562. The van der Waals surface area contributed by atoms with Gasteiger partial charge in [-0.15, -0.1) is 0 Å². The molecule has 2 N–H and O–H groups in total. The largest absolute Gasteiger partial charge is 0.398 e. The van der Waals surface area contributed by atoms with Gasteiger partial charge in [-0.25, -0.2) is 4.98 Å². The summed E-state index contributed by atoms with van der Waals surface area (Å²) in [5, 5.41) is 2.26. The normalized spacial score (nSPS) is 11.7. The highest BCUT2D eigenvalue weighted by molar-refractivity contribution is 6.11. The molecule has 1 aromatic heterocycles. The van der Waals surface area contributed by atoms with Crippen LogP contribution >= 0.6 is 0 Å². The van der Waals surface area contributed by atoms with Crippen LogP contribution in [0.2, 0.25) is 0 Å². The van der Waals surface area contributed by atoms with Crippen molar-refractivity contribution in [2.45, 2.75) is 55.4 Å². The summed E-state index contributed by atoms with van der Waals surface area (Å²) >= 11 is 0. The van der Waals surface area contributed by atoms with Crippen LogP contribution in [0.4, 0.5) is 5.69 Å². The highest BCUT2D eigenvalue weighted by atomic mass is 14.7. The Morgan fingerprint density at radius 2 is 0.783 bits per heavy atom. The molecule has 2 nitrogen and oxygen atoms in total. The first kappa shape index (κ1) is 15.8. The standard InChI is InChI=1S/C21H26N2/c1-9-11(3)15(7)20-17(13(9)5)19(22)18-14(6)10(2)12(4)16(8)21(18)23-20/h1-8H3,(H2,22,23). The van der Waals surface area contributed by atoms with E-state index in [0.717, 1.165) is 27.5 Å². The van der Waals surface area contributed by atoms with Crippen molar-refractivity contribution in [2.24, 2.45) is 0 Å². The van der Waals surface area contributed by atoms with Crippen LogP contribution in [0.25, 0.3) is 21.8 Å². The topological polar surface area (TPSA) is 38.9 Å². The Morgan fingerprint density at radius 3 is 1.13 bits per heavy atom. The van der Waals surface area contributed by atoms with Crippen molar-refractivity contribution in [1.82, 2.24) is 4.98 Å². The number of benzene rings is 2. The van der Waals surface area contributed by atoms with E-state index < -0.39 is 0 Å². The molecule has 0 aliphatic rings. The molecule has 3 aromatic rings. The fourth-order valence-electron chi connectivity index (χ4n) is 3.76. The second-order valence-electron chi connectivity index (χ2n) is 6.97. The van der Waals surface area contributed by atoms with Crippen LogP contribution in [-0.2, 0) is 0 Å². The lowest BCUT2D eigenvalue weighted by atomic mass is 9.89. The number of nitrogens with zero attached hydrogens (tertiary/aromatic N) is 1. The zero-order chi connectivity index (χ0) is 17.2. The lowest BCUT2D eigenvalue weighted by molar-refractivity contribution is 1.21. The van der Waals surface area contributed by atoms with Crippen molar-refractivity contribution in [3.05, 3.63) is 44.5 Å². The Kier molecular flexibility index (Phi) is 3.40. The fourth-order valence-corrected chi connectivity index (χ4v) is 3.76. The Labute approximate surface area is 138 Å². The van der Waals surface area contributed by atoms with Gasteiger partial charge in [0.15, 0.2) is 0 Å². The number of aryl methyl sites for hydroxylation is 4. The van der Waals surface area contributed by atoms with Crippen LogP contribution in [0.3, 0.4) is 0 Å². The van der Waals surface area contributed by atoms with E-state index in [4.69, 9.17) is 10.7 Å². The lowest BCUT2D eigenvalue weighted by Crippen LogP contribution is -2.04. The summed E-state index contributed by atoms with van der Waals surface area (Å²) in [6, 6.07) is 0. The molecular formula is C21H26N2. The molecule has 120 valence electrons. The number of aromatic nitrogens is 1. The third-order valence-electron chi connectivity index (χ3n) is 6.07. The molecule has 0 amide bonds. The van der Waals surface area contributed by atoms with Crippen molar-refractivity contribution in [3.8, 4) is 0 Å². The van der Waals surface area contributed by atoms with E-state index in [1.54, 1.807) is 0 Å². The predicted octanol–water partition coefficient (Wildman–Crippen LogP) is 5.44. The van der Waals surface area contributed by atoms with E-state index in [9.17, 15) is 0 Å². The first-order valence-electron chi connectivity index (χ1n) is 8.24. The van der Waals surface area contributed by atoms with Crippen LogP contribution in [0.1, 0.15) is 44.5 Å². The van der Waals surface area contributed by atoms with Crippen LogP contribution in [0.5, 0.6) is 0 Å². The molecule has 0 saturated carbocycles. The average Bonchev–Trinajstić information content (AvgIpc) is 2.53. The minimum Gasteiger partial charge on any atom is -0.398 e. The average molecular weight is 306 g/mol. The van der Waals surface area contributed by atoms with Crippen LogP contribution in [0, 0.1) is 55.4 Å². The second-order valence-corrected chi connectivity index (χ2v) is 6.97. The smallest absolute Gasteiger partial charge is 0.0765 e. The Hall–Kier alpha value is -2.09. The van der Waals surface area contributed by atoms with Gasteiger partial charge in [-0.3, -0.25) is 0 Å². The zero-order valence-corrected chi connectivity index (χ0v) is 15.5. The molecule has 0 radical (unpaired) electrons. The van der Waals surface area contributed by atoms with Crippen molar-refractivity contribution >= 4 is 27.5 Å². The van der Waals surface area contributed by atoms with Gasteiger partial charge in [0.05, 0.1) is 16.7 Å². The summed E-state index contributed by atoms with van der Waals surface area (Å²) in [6.07, 6.45) is 0. The molecule has 0 aliphatic carbocycles. The molecule has 2 heteroatoms. The predicted molar refractivity (Wildman–Crippen MR) is 102 cm³/mol. The van der Waals surface area contributed by atoms with Gasteiger partial charge in [0.25, 0.3) is 0 Å². The molecule has 0 aliphatic heterocycles. The summed E-state index contributed by atoms with van der Waals surface area (Å²) in [6.45, 7) is 17.4. The van der Waals surface area contributed by atoms with Crippen molar-refractivity contribution in [3.63, 3.8) is 0 Å². The van der Waals surface area contributed by atoms with E-state index in [2.05, 4.69) is 55.4 Å². The maximum Gasteiger partial charge on any atom is 0.0765 e. The van der Waals surface area contributed by atoms with Gasteiger partial charge in [-0.05, 0) is 99.9 Å². The van der Waals surface area contributed by atoms with E-state index in [-0.39, 0.29) is 0 Å². The molecule has 0 saturated heterocycles. The Morgan fingerprint density at radius 1 is 0.478 bits per heavy atom. The molecule has 23 heavy (non-hydrogen) atoms. The van der Waals surface area contributed by atoms with Crippen LogP contribution < -0.4 is 5.73 Å². The van der Waals surface area contributed by atoms with Gasteiger partial charge >= 0.3 is 0 Å². The van der Waals surface area contributed by atoms with Gasteiger partial charge in [0.1, 0.15) is 0 Å². The molecule has 0 fully saturated rings. The van der Waals surface area contributed by atoms with Crippen LogP contribution in [-0.4, -0.2) is 4.98 Å². The van der Waals surface area contributed by atoms with Crippen molar-refractivity contribution in [2.75, 3.05) is 5.73 Å². The molecule has 0 atom stereocenters.